The third kappa shape index (κ3) is 5.05. The predicted molar refractivity (Wildman–Crippen MR) is 132 cm³/mol. The number of piperazine rings is 1. The maximum atomic E-state index is 13.7. The number of benzene rings is 2. The lowest BCUT2D eigenvalue weighted by molar-refractivity contribution is -0.125. The van der Waals surface area contributed by atoms with Gasteiger partial charge in [-0.15, -0.1) is 0 Å². The Morgan fingerprint density at radius 2 is 1.83 bits per heavy atom. The standard InChI is InChI=1S/C24H27N5O5S/c1-3-34-19-11-9-18(10-12-19)27-24(31)28-14-15-29(20(16-28)23(30)25-2)35(32,33)21-8-4-6-17-7-5-13-26-22(17)21/h4-13,20H,3,14-16H2,1-2H3,(H,25,30)(H,27,31). The number of urea groups is 1. The number of hydrogen-bond donors (Lipinski definition) is 2. The van der Waals surface area contributed by atoms with Crippen molar-refractivity contribution in [2.24, 2.45) is 0 Å². The van der Waals surface area contributed by atoms with Crippen LogP contribution in [-0.2, 0) is 14.8 Å². The highest BCUT2D eigenvalue weighted by Crippen LogP contribution is 2.27. The van der Waals surface area contributed by atoms with E-state index in [1.165, 1.54) is 24.2 Å². The molecule has 10 nitrogen and oxygen atoms in total. The minimum atomic E-state index is -4.07. The Bertz CT molecular complexity index is 1320. The van der Waals surface area contributed by atoms with E-state index >= 15 is 0 Å². The quantitative estimate of drug-likeness (QED) is 0.539. The summed E-state index contributed by atoms with van der Waals surface area (Å²) >= 11 is 0. The summed E-state index contributed by atoms with van der Waals surface area (Å²) in [6.45, 7) is 2.40. The van der Waals surface area contributed by atoms with E-state index in [0.29, 0.717) is 28.9 Å². The summed E-state index contributed by atoms with van der Waals surface area (Å²) in [6.07, 6.45) is 1.53. The summed E-state index contributed by atoms with van der Waals surface area (Å²) in [5.41, 5.74) is 0.896. The van der Waals surface area contributed by atoms with Gasteiger partial charge in [-0.25, -0.2) is 13.2 Å². The molecule has 2 heterocycles. The lowest BCUT2D eigenvalue weighted by atomic mass is 10.2. The van der Waals surface area contributed by atoms with Gasteiger partial charge in [0.2, 0.25) is 15.9 Å². The largest absolute Gasteiger partial charge is 0.494 e. The van der Waals surface area contributed by atoms with Gasteiger partial charge in [0.15, 0.2) is 0 Å². The highest BCUT2D eigenvalue weighted by atomic mass is 32.2. The van der Waals surface area contributed by atoms with E-state index in [1.54, 1.807) is 48.5 Å². The monoisotopic (exact) mass is 497 g/mol. The second-order valence-electron chi connectivity index (χ2n) is 7.91. The Hall–Kier alpha value is -3.70. The number of sulfonamides is 1. The van der Waals surface area contributed by atoms with E-state index in [1.807, 2.05) is 6.92 Å². The summed E-state index contributed by atoms with van der Waals surface area (Å²) in [5, 5.41) is 5.99. The van der Waals surface area contributed by atoms with Gasteiger partial charge in [-0.3, -0.25) is 9.78 Å². The minimum absolute atomic E-state index is 0.0248. The number of rotatable bonds is 6. The van der Waals surface area contributed by atoms with Crippen LogP contribution in [0.25, 0.3) is 10.9 Å². The fraction of sp³-hybridized carbons (Fsp3) is 0.292. The van der Waals surface area contributed by atoms with Gasteiger partial charge in [-0.1, -0.05) is 18.2 Å². The Balaban J connectivity index is 1.56. The van der Waals surface area contributed by atoms with Crippen LogP contribution in [0.5, 0.6) is 5.75 Å². The number of nitrogens with one attached hydrogen (secondary N) is 2. The second kappa shape index (κ2) is 10.3. The molecule has 0 saturated carbocycles. The fourth-order valence-electron chi connectivity index (χ4n) is 4.03. The Morgan fingerprint density at radius 3 is 2.54 bits per heavy atom. The van der Waals surface area contributed by atoms with E-state index in [4.69, 9.17) is 4.74 Å². The van der Waals surface area contributed by atoms with E-state index < -0.39 is 28.0 Å². The summed E-state index contributed by atoms with van der Waals surface area (Å²) in [7, 11) is -2.64. The summed E-state index contributed by atoms with van der Waals surface area (Å²) < 4.78 is 33.9. The number of ether oxygens (including phenoxy) is 1. The van der Waals surface area contributed by atoms with Crippen molar-refractivity contribution in [2.75, 3.05) is 38.6 Å². The normalized spacial score (nSPS) is 16.6. The minimum Gasteiger partial charge on any atom is -0.494 e. The van der Waals surface area contributed by atoms with Gasteiger partial charge in [-0.2, -0.15) is 4.31 Å². The first-order valence-corrected chi connectivity index (χ1v) is 12.6. The van der Waals surface area contributed by atoms with Gasteiger partial charge in [0.05, 0.1) is 12.1 Å². The van der Waals surface area contributed by atoms with Crippen molar-refractivity contribution < 1.29 is 22.7 Å². The smallest absolute Gasteiger partial charge is 0.321 e. The van der Waals surface area contributed by atoms with Gasteiger partial charge in [0, 0.05) is 44.0 Å². The molecule has 1 unspecified atom stereocenters. The SMILES string of the molecule is CCOc1ccc(NC(=O)N2CCN(S(=O)(=O)c3cccc4cccnc34)C(C(=O)NC)C2)cc1. The average molecular weight is 498 g/mol. The molecular weight excluding hydrogens is 470 g/mol. The molecule has 11 heteroatoms. The van der Waals surface area contributed by atoms with E-state index in [-0.39, 0.29) is 24.5 Å². The van der Waals surface area contributed by atoms with Crippen LogP contribution in [0.4, 0.5) is 10.5 Å². The first kappa shape index (κ1) is 24.4. The lowest BCUT2D eigenvalue weighted by Crippen LogP contribution is -2.61. The van der Waals surface area contributed by atoms with Crippen LogP contribution in [0.3, 0.4) is 0 Å². The fourth-order valence-corrected chi connectivity index (χ4v) is 5.77. The summed E-state index contributed by atoms with van der Waals surface area (Å²) in [4.78, 5) is 31.4. The molecular formula is C24H27N5O5S. The van der Waals surface area contributed by atoms with Gasteiger partial charge in [-0.05, 0) is 43.3 Å². The molecule has 0 bridgehead atoms. The Kier molecular flexibility index (Phi) is 7.17. The van der Waals surface area contributed by atoms with Crippen LogP contribution in [0.1, 0.15) is 6.92 Å². The summed E-state index contributed by atoms with van der Waals surface area (Å²) in [5.74, 6) is 0.187. The molecule has 1 aliphatic heterocycles. The van der Waals surface area contributed by atoms with Gasteiger partial charge in [0.1, 0.15) is 16.7 Å². The zero-order valence-corrected chi connectivity index (χ0v) is 20.3. The number of hydrogen-bond acceptors (Lipinski definition) is 6. The molecule has 1 saturated heterocycles. The van der Waals surface area contributed by atoms with Crippen LogP contribution in [0.15, 0.2) is 65.7 Å². The Labute approximate surface area is 203 Å². The maximum absolute atomic E-state index is 13.7. The van der Waals surface area contributed by atoms with Crippen LogP contribution >= 0.6 is 0 Å². The molecule has 0 aliphatic carbocycles. The van der Waals surface area contributed by atoms with E-state index in [0.717, 1.165) is 4.31 Å². The van der Waals surface area contributed by atoms with Crippen molar-refractivity contribution in [1.82, 2.24) is 19.5 Å². The first-order valence-electron chi connectivity index (χ1n) is 11.2. The molecule has 1 aromatic heterocycles. The zero-order chi connectivity index (χ0) is 25.0. The third-order valence-electron chi connectivity index (χ3n) is 5.77. The zero-order valence-electron chi connectivity index (χ0n) is 19.5. The van der Waals surface area contributed by atoms with Gasteiger partial charge in [0.25, 0.3) is 0 Å². The third-order valence-corrected chi connectivity index (χ3v) is 7.71. The van der Waals surface area contributed by atoms with Gasteiger partial charge < -0.3 is 20.3 Å². The molecule has 3 aromatic rings. The van der Waals surface area contributed by atoms with E-state index in [2.05, 4.69) is 15.6 Å². The second-order valence-corrected chi connectivity index (χ2v) is 9.77. The maximum Gasteiger partial charge on any atom is 0.321 e. The molecule has 2 N–H and O–H groups in total. The Morgan fingerprint density at radius 1 is 1.09 bits per heavy atom. The molecule has 4 rings (SSSR count). The van der Waals surface area contributed by atoms with Crippen molar-refractivity contribution in [1.29, 1.82) is 0 Å². The number of para-hydroxylation sites is 1. The number of pyridine rings is 1. The number of fused-ring (bicyclic) bond motifs is 1. The number of nitrogens with zero attached hydrogens (tertiary/aromatic N) is 3. The molecule has 184 valence electrons. The first-order chi connectivity index (χ1) is 16.8. The molecule has 0 radical (unpaired) electrons. The van der Waals surface area contributed by atoms with Crippen molar-refractivity contribution in [3.63, 3.8) is 0 Å². The van der Waals surface area contributed by atoms with Crippen molar-refractivity contribution in [2.45, 2.75) is 17.9 Å². The van der Waals surface area contributed by atoms with Gasteiger partial charge >= 0.3 is 6.03 Å². The van der Waals surface area contributed by atoms with Crippen molar-refractivity contribution in [3.8, 4) is 5.75 Å². The predicted octanol–water partition coefficient (Wildman–Crippen LogP) is 2.29. The number of likely N-dealkylation sites (N-methyl/N-ethyl adjacent to an activating group) is 1. The average Bonchev–Trinajstić information content (AvgIpc) is 2.88. The number of carbonyl (C=O) groups is 2. The van der Waals surface area contributed by atoms with Crippen LogP contribution in [0.2, 0.25) is 0 Å². The molecule has 35 heavy (non-hydrogen) atoms. The number of amides is 3. The van der Waals surface area contributed by atoms with Crippen LogP contribution < -0.4 is 15.4 Å². The van der Waals surface area contributed by atoms with E-state index in [9.17, 15) is 18.0 Å². The van der Waals surface area contributed by atoms with Crippen molar-refractivity contribution >= 4 is 38.6 Å². The molecule has 2 aromatic carbocycles. The molecule has 0 spiro atoms. The lowest BCUT2D eigenvalue weighted by Gasteiger charge is -2.39. The number of carbonyl (C=O) groups excluding carboxylic acids is 2. The molecule has 3 amide bonds. The highest BCUT2D eigenvalue weighted by Gasteiger charge is 2.41. The molecule has 1 atom stereocenters. The molecule has 1 fully saturated rings. The number of anilines is 1. The van der Waals surface area contributed by atoms with Crippen molar-refractivity contribution in [3.05, 3.63) is 60.8 Å². The van der Waals surface area contributed by atoms with Crippen LogP contribution in [-0.4, -0.2) is 73.9 Å². The highest BCUT2D eigenvalue weighted by molar-refractivity contribution is 7.89. The topological polar surface area (TPSA) is 121 Å². The molecule has 1 aliphatic rings. The number of aromatic nitrogens is 1. The summed E-state index contributed by atoms with van der Waals surface area (Å²) in [6, 6.07) is 13.8. The van der Waals surface area contributed by atoms with Crippen LogP contribution in [0, 0.1) is 0 Å².